The molecule has 1 aromatic rings. The van der Waals surface area contributed by atoms with Crippen molar-refractivity contribution in [3.8, 4) is 0 Å². The van der Waals surface area contributed by atoms with Crippen LogP contribution >= 0.6 is 0 Å². The summed E-state index contributed by atoms with van der Waals surface area (Å²) in [5.74, 6) is -0.474. The van der Waals surface area contributed by atoms with Gasteiger partial charge in [-0.1, -0.05) is 19.1 Å². The summed E-state index contributed by atoms with van der Waals surface area (Å²) in [5.41, 5.74) is 0.803. The molecule has 0 spiro atoms. The van der Waals surface area contributed by atoms with E-state index in [0.717, 1.165) is 5.56 Å². The topological polar surface area (TPSA) is 49.3 Å². The lowest BCUT2D eigenvalue weighted by Crippen LogP contribution is -2.35. The molecule has 0 aromatic heterocycles. The second kappa shape index (κ2) is 6.35. The van der Waals surface area contributed by atoms with Gasteiger partial charge in [0.05, 0.1) is 6.61 Å². The SMILES string of the molecule is CC(CO)NC(=O)CC(C)c1cccc(F)c1. The highest BCUT2D eigenvalue weighted by Crippen LogP contribution is 2.19. The summed E-state index contributed by atoms with van der Waals surface area (Å²) >= 11 is 0. The van der Waals surface area contributed by atoms with Gasteiger partial charge in [0.25, 0.3) is 0 Å². The van der Waals surface area contributed by atoms with Gasteiger partial charge in [-0.3, -0.25) is 4.79 Å². The van der Waals surface area contributed by atoms with E-state index in [4.69, 9.17) is 5.11 Å². The second-order valence-electron chi connectivity index (χ2n) is 4.31. The van der Waals surface area contributed by atoms with Crippen molar-refractivity contribution in [3.05, 3.63) is 35.6 Å². The molecule has 0 radical (unpaired) electrons. The average Bonchev–Trinajstić information content (AvgIpc) is 2.28. The minimum Gasteiger partial charge on any atom is -0.394 e. The Morgan fingerprint density at radius 3 is 2.76 bits per heavy atom. The van der Waals surface area contributed by atoms with E-state index in [1.165, 1.54) is 12.1 Å². The summed E-state index contributed by atoms with van der Waals surface area (Å²) in [6.45, 7) is 3.52. The molecule has 1 amide bonds. The molecule has 0 aliphatic heterocycles. The monoisotopic (exact) mass is 239 g/mol. The Morgan fingerprint density at radius 1 is 1.47 bits per heavy atom. The predicted octanol–water partition coefficient (Wildman–Crippen LogP) is 1.82. The molecular formula is C13H18FNO2. The van der Waals surface area contributed by atoms with Crippen LogP contribution in [0.15, 0.2) is 24.3 Å². The maximum absolute atomic E-state index is 13.0. The van der Waals surface area contributed by atoms with Gasteiger partial charge in [-0.05, 0) is 30.5 Å². The van der Waals surface area contributed by atoms with Crippen molar-refractivity contribution in [2.45, 2.75) is 32.2 Å². The molecule has 0 aliphatic carbocycles. The van der Waals surface area contributed by atoms with Gasteiger partial charge < -0.3 is 10.4 Å². The summed E-state index contributed by atoms with van der Waals surface area (Å²) < 4.78 is 13.0. The smallest absolute Gasteiger partial charge is 0.220 e. The summed E-state index contributed by atoms with van der Waals surface area (Å²) in [6.07, 6.45) is 0.286. The fourth-order valence-corrected chi connectivity index (χ4v) is 1.59. The first-order valence-corrected chi connectivity index (χ1v) is 5.68. The standard InChI is InChI=1S/C13H18FNO2/c1-9(6-13(17)15-10(2)8-16)11-4-3-5-12(14)7-11/h3-5,7,9-10,16H,6,8H2,1-2H3,(H,15,17). The van der Waals surface area contributed by atoms with Crippen LogP contribution in [0.1, 0.15) is 31.7 Å². The van der Waals surface area contributed by atoms with E-state index in [2.05, 4.69) is 5.32 Å². The van der Waals surface area contributed by atoms with Gasteiger partial charge in [0.15, 0.2) is 0 Å². The lowest BCUT2D eigenvalue weighted by molar-refractivity contribution is -0.122. The minimum absolute atomic E-state index is 0.0448. The van der Waals surface area contributed by atoms with Gasteiger partial charge >= 0.3 is 0 Å². The lowest BCUT2D eigenvalue weighted by Gasteiger charge is -2.14. The average molecular weight is 239 g/mol. The number of halogens is 1. The van der Waals surface area contributed by atoms with E-state index in [-0.39, 0.29) is 36.7 Å². The van der Waals surface area contributed by atoms with E-state index in [9.17, 15) is 9.18 Å². The van der Waals surface area contributed by atoms with Crippen LogP contribution in [0.3, 0.4) is 0 Å². The third kappa shape index (κ3) is 4.53. The molecule has 0 aliphatic rings. The highest BCUT2D eigenvalue weighted by Gasteiger charge is 2.13. The Hall–Kier alpha value is -1.42. The van der Waals surface area contributed by atoms with Gasteiger partial charge in [-0.15, -0.1) is 0 Å². The van der Waals surface area contributed by atoms with Crippen molar-refractivity contribution in [2.24, 2.45) is 0 Å². The number of hydrogen-bond acceptors (Lipinski definition) is 2. The van der Waals surface area contributed by atoms with E-state index in [0.29, 0.717) is 0 Å². The van der Waals surface area contributed by atoms with Crippen LogP contribution in [0.25, 0.3) is 0 Å². The number of rotatable bonds is 5. The van der Waals surface area contributed by atoms with Crippen LogP contribution in [0, 0.1) is 5.82 Å². The van der Waals surface area contributed by atoms with Crippen molar-refractivity contribution in [2.75, 3.05) is 6.61 Å². The predicted molar refractivity (Wildman–Crippen MR) is 64.1 cm³/mol. The molecule has 1 rings (SSSR count). The van der Waals surface area contributed by atoms with E-state index < -0.39 is 0 Å². The normalized spacial score (nSPS) is 14.1. The molecule has 0 saturated heterocycles. The molecule has 0 saturated carbocycles. The zero-order valence-electron chi connectivity index (χ0n) is 10.1. The van der Waals surface area contributed by atoms with Crippen molar-refractivity contribution in [3.63, 3.8) is 0 Å². The molecule has 17 heavy (non-hydrogen) atoms. The van der Waals surface area contributed by atoms with Gasteiger partial charge in [0, 0.05) is 12.5 Å². The van der Waals surface area contributed by atoms with Crippen LogP contribution in [0.4, 0.5) is 4.39 Å². The first kappa shape index (κ1) is 13.6. The zero-order valence-corrected chi connectivity index (χ0v) is 10.1. The van der Waals surface area contributed by atoms with E-state index in [1.54, 1.807) is 19.1 Å². The number of aliphatic hydroxyl groups excluding tert-OH is 1. The lowest BCUT2D eigenvalue weighted by atomic mass is 9.97. The van der Waals surface area contributed by atoms with Crippen LogP contribution < -0.4 is 5.32 Å². The Bertz CT molecular complexity index is 381. The van der Waals surface area contributed by atoms with Crippen LogP contribution in [-0.2, 0) is 4.79 Å². The molecule has 2 unspecified atom stereocenters. The van der Waals surface area contributed by atoms with Gasteiger partial charge in [0.1, 0.15) is 5.82 Å². The van der Waals surface area contributed by atoms with E-state index >= 15 is 0 Å². The molecule has 0 heterocycles. The third-order valence-corrected chi connectivity index (χ3v) is 2.59. The number of nitrogens with one attached hydrogen (secondary N) is 1. The van der Waals surface area contributed by atoms with Crippen LogP contribution in [0.2, 0.25) is 0 Å². The maximum Gasteiger partial charge on any atom is 0.220 e. The molecule has 4 heteroatoms. The number of carbonyl (C=O) groups excluding carboxylic acids is 1. The fraction of sp³-hybridized carbons (Fsp3) is 0.462. The summed E-state index contributed by atoms with van der Waals surface area (Å²) in [4.78, 5) is 11.6. The molecule has 2 atom stereocenters. The van der Waals surface area contributed by atoms with Crippen LogP contribution in [-0.4, -0.2) is 23.7 Å². The zero-order chi connectivity index (χ0) is 12.8. The molecular weight excluding hydrogens is 221 g/mol. The Labute approximate surface area is 101 Å². The summed E-state index contributed by atoms with van der Waals surface area (Å²) in [7, 11) is 0. The quantitative estimate of drug-likeness (QED) is 0.823. The Kier molecular flexibility index (Phi) is 5.10. The highest BCUT2D eigenvalue weighted by molar-refractivity contribution is 5.77. The molecule has 3 nitrogen and oxygen atoms in total. The van der Waals surface area contributed by atoms with E-state index in [1.807, 2.05) is 6.92 Å². The van der Waals surface area contributed by atoms with Gasteiger partial charge in [-0.25, -0.2) is 4.39 Å². The van der Waals surface area contributed by atoms with Crippen molar-refractivity contribution < 1.29 is 14.3 Å². The highest BCUT2D eigenvalue weighted by atomic mass is 19.1. The molecule has 94 valence electrons. The Morgan fingerprint density at radius 2 is 2.18 bits per heavy atom. The van der Waals surface area contributed by atoms with Crippen molar-refractivity contribution in [1.82, 2.24) is 5.32 Å². The summed E-state index contributed by atoms with van der Waals surface area (Å²) in [5, 5.41) is 11.5. The third-order valence-electron chi connectivity index (χ3n) is 2.59. The molecule has 1 aromatic carbocycles. The van der Waals surface area contributed by atoms with Crippen LogP contribution in [0.5, 0.6) is 0 Å². The number of hydrogen-bond donors (Lipinski definition) is 2. The molecule has 2 N–H and O–H groups in total. The number of aliphatic hydroxyl groups is 1. The fourth-order valence-electron chi connectivity index (χ4n) is 1.59. The molecule has 0 bridgehead atoms. The minimum atomic E-state index is -0.293. The maximum atomic E-state index is 13.0. The van der Waals surface area contributed by atoms with Gasteiger partial charge in [0.2, 0.25) is 5.91 Å². The first-order chi connectivity index (χ1) is 8.02. The Balaban J connectivity index is 2.54. The largest absolute Gasteiger partial charge is 0.394 e. The number of amides is 1. The van der Waals surface area contributed by atoms with Crippen molar-refractivity contribution in [1.29, 1.82) is 0 Å². The number of benzene rings is 1. The van der Waals surface area contributed by atoms with Gasteiger partial charge in [-0.2, -0.15) is 0 Å². The second-order valence-corrected chi connectivity index (χ2v) is 4.31. The van der Waals surface area contributed by atoms with Crippen molar-refractivity contribution >= 4 is 5.91 Å². The summed E-state index contributed by atoms with van der Waals surface area (Å²) in [6, 6.07) is 6.01. The number of carbonyl (C=O) groups is 1. The first-order valence-electron chi connectivity index (χ1n) is 5.68. The molecule has 0 fully saturated rings.